The second-order valence-electron chi connectivity index (χ2n) is 8.84. The summed E-state index contributed by atoms with van der Waals surface area (Å²) in [4.78, 5) is 26.3. The molecule has 0 aliphatic rings. The first-order valence-corrected chi connectivity index (χ1v) is 14.8. The number of anilines is 1. The number of esters is 1. The minimum atomic E-state index is -4.14. The van der Waals surface area contributed by atoms with Crippen molar-refractivity contribution in [3.8, 4) is 0 Å². The fraction of sp³-hybridized carbons (Fsp3) is 0.200. The van der Waals surface area contributed by atoms with Gasteiger partial charge in [0, 0.05) is 14.0 Å². The summed E-state index contributed by atoms with van der Waals surface area (Å²) in [6.45, 7) is 3.58. The molecule has 2 N–H and O–H groups in total. The van der Waals surface area contributed by atoms with Crippen LogP contribution in [0.5, 0.6) is 0 Å². The van der Waals surface area contributed by atoms with Crippen LogP contribution in [0.25, 0.3) is 11.0 Å². The van der Waals surface area contributed by atoms with Crippen LogP contribution < -0.4 is 10.0 Å². The van der Waals surface area contributed by atoms with Crippen LogP contribution >= 0.6 is 45.9 Å². The highest BCUT2D eigenvalue weighted by Crippen LogP contribution is 2.31. The van der Waals surface area contributed by atoms with Gasteiger partial charge in [-0.15, -0.1) is 0 Å². The summed E-state index contributed by atoms with van der Waals surface area (Å²) in [7, 11) is -2.91. The standard InChI is InChI=1S/C25H22ClIN4O5S2/c1-25(2,14-7-9-15(26)10-8-14)22(24(33)36-3)28-23(32)17-12-11-16(27)13-19(17)31-38(34,35)20-6-4-5-18-21(20)30-37-29-18/h4-13,22,31H,1-3H3,(H,28,32)/t22-/m1/s1. The van der Waals surface area contributed by atoms with E-state index in [0.717, 1.165) is 17.3 Å². The number of fused-ring (bicyclic) bond motifs is 1. The van der Waals surface area contributed by atoms with Gasteiger partial charge in [0.2, 0.25) is 0 Å². The molecule has 0 spiro atoms. The molecule has 0 unspecified atom stereocenters. The van der Waals surface area contributed by atoms with Crippen LogP contribution in [0, 0.1) is 3.57 Å². The van der Waals surface area contributed by atoms with E-state index < -0.39 is 33.4 Å². The highest BCUT2D eigenvalue weighted by Gasteiger charge is 2.39. The number of benzene rings is 3. The number of carbonyl (C=O) groups is 2. The number of methoxy groups -OCH3 is 1. The molecule has 3 aromatic carbocycles. The van der Waals surface area contributed by atoms with Gasteiger partial charge >= 0.3 is 5.97 Å². The van der Waals surface area contributed by atoms with Crippen LogP contribution in [0.2, 0.25) is 5.02 Å². The third kappa shape index (κ3) is 5.77. The molecule has 0 saturated carbocycles. The molecule has 4 rings (SSSR count). The molecule has 4 aromatic rings. The molecular formula is C25H22ClIN4O5S2. The Labute approximate surface area is 242 Å². The number of nitrogens with zero attached hydrogens (tertiary/aromatic N) is 2. The van der Waals surface area contributed by atoms with E-state index >= 15 is 0 Å². The second-order valence-corrected chi connectivity index (χ2v) is 12.7. The van der Waals surface area contributed by atoms with Gasteiger partial charge in [0.1, 0.15) is 22.0 Å². The average Bonchev–Trinajstić information content (AvgIpc) is 3.35. The van der Waals surface area contributed by atoms with E-state index in [1.165, 1.54) is 25.3 Å². The van der Waals surface area contributed by atoms with Crippen molar-refractivity contribution in [1.29, 1.82) is 0 Å². The quantitative estimate of drug-likeness (QED) is 0.198. The Bertz CT molecular complexity index is 1620. The number of nitrogens with one attached hydrogen (secondary N) is 2. The summed E-state index contributed by atoms with van der Waals surface area (Å²) in [5.41, 5.74) is 0.594. The normalized spacial score (nSPS) is 12.7. The lowest BCUT2D eigenvalue weighted by atomic mass is 9.77. The Morgan fingerprint density at radius 1 is 1.08 bits per heavy atom. The number of ether oxygens (including phenoxy) is 1. The summed E-state index contributed by atoms with van der Waals surface area (Å²) in [5.74, 6) is -1.32. The highest BCUT2D eigenvalue weighted by molar-refractivity contribution is 14.1. The fourth-order valence-electron chi connectivity index (χ4n) is 3.90. The number of aromatic nitrogens is 2. The van der Waals surface area contributed by atoms with E-state index in [4.69, 9.17) is 16.3 Å². The molecule has 0 fully saturated rings. The molecule has 1 atom stereocenters. The largest absolute Gasteiger partial charge is 0.467 e. The third-order valence-electron chi connectivity index (χ3n) is 6.03. The maximum Gasteiger partial charge on any atom is 0.329 e. The van der Waals surface area contributed by atoms with Crippen molar-refractivity contribution in [3.63, 3.8) is 0 Å². The van der Waals surface area contributed by atoms with Crippen LogP contribution in [0.1, 0.15) is 29.8 Å². The second kappa shape index (κ2) is 11.1. The average molecular weight is 685 g/mol. The predicted molar refractivity (Wildman–Crippen MR) is 155 cm³/mol. The molecule has 0 saturated heterocycles. The maximum atomic E-state index is 13.5. The Kier molecular flexibility index (Phi) is 8.26. The van der Waals surface area contributed by atoms with Crippen LogP contribution in [0.4, 0.5) is 5.69 Å². The minimum absolute atomic E-state index is 0.0263. The van der Waals surface area contributed by atoms with E-state index in [1.807, 2.05) is 22.6 Å². The van der Waals surface area contributed by atoms with Crippen LogP contribution in [-0.2, 0) is 25.0 Å². The van der Waals surface area contributed by atoms with Crippen molar-refractivity contribution in [2.75, 3.05) is 11.8 Å². The zero-order valence-corrected chi connectivity index (χ0v) is 24.9. The van der Waals surface area contributed by atoms with Crippen LogP contribution in [-0.4, -0.2) is 42.2 Å². The van der Waals surface area contributed by atoms with Gasteiger partial charge in [-0.2, -0.15) is 8.75 Å². The Balaban J connectivity index is 1.69. The molecular weight excluding hydrogens is 663 g/mol. The molecule has 13 heteroatoms. The van der Waals surface area contributed by atoms with Crippen LogP contribution in [0.3, 0.4) is 0 Å². The van der Waals surface area contributed by atoms with Gasteiger partial charge in [0.05, 0.1) is 30.1 Å². The lowest BCUT2D eigenvalue weighted by molar-refractivity contribution is -0.144. The van der Waals surface area contributed by atoms with E-state index in [9.17, 15) is 18.0 Å². The lowest BCUT2D eigenvalue weighted by Gasteiger charge is -2.33. The first-order chi connectivity index (χ1) is 17.9. The van der Waals surface area contributed by atoms with Gasteiger partial charge in [0.15, 0.2) is 0 Å². The number of hydrogen-bond acceptors (Lipinski definition) is 8. The molecule has 1 amide bonds. The van der Waals surface area contributed by atoms with Crippen LogP contribution in [0.15, 0.2) is 65.6 Å². The Morgan fingerprint density at radius 2 is 1.79 bits per heavy atom. The number of sulfonamides is 1. The van der Waals surface area contributed by atoms with E-state index in [2.05, 4.69) is 18.8 Å². The van der Waals surface area contributed by atoms with Gasteiger partial charge in [-0.25, -0.2) is 13.2 Å². The van der Waals surface area contributed by atoms with Gasteiger partial charge in [-0.1, -0.05) is 43.6 Å². The summed E-state index contributed by atoms with van der Waals surface area (Å²) in [5, 5.41) is 3.27. The topological polar surface area (TPSA) is 127 Å². The monoisotopic (exact) mass is 684 g/mol. The number of halogens is 2. The van der Waals surface area contributed by atoms with E-state index in [0.29, 0.717) is 14.1 Å². The van der Waals surface area contributed by atoms with Gasteiger partial charge in [0.25, 0.3) is 15.9 Å². The SMILES string of the molecule is COC(=O)[C@@H](NC(=O)c1ccc(I)cc1NS(=O)(=O)c1cccc2nsnc12)C(C)(C)c1ccc(Cl)cc1. The molecule has 1 aromatic heterocycles. The molecule has 0 aliphatic carbocycles. The van der Waals surface area contributed by atoms with Crippen molar-refractivity contribution in [3.05, 3.63) is 80.4 Å². The minimum Gasteiger partial charge on any atom is -0.467 e. The Hall–Kier alpha value is -2.81. The molecule has 9 nitrogen and oxygen atoms in total. The zero-order valence-electron chi connectivity index (χ0n) is 20.4. The number of amides is 1. The number of rotatable bonds is 8. The fourth-order valence-corrected chi connectivity index (χ4v) is 6.36. The molecule has 198 valence electrons. The lowest BCUT2D eigenvalue weighted by Crippen LogP contribution is -2.53. The van der Waals surface area contributed by atoms with Crippen molar-refractivity contribution >= 4 is 84.5 Å². The van der Waals surface area contributed by atoms with Crippen molar-refractivity contribution in [1.82, 2.24) is 14.1 Å². The third-order valence-corrected chi connectivity index (χ3v) is 8.89. The molecule has 0 bridgehead atoms. The van der Waals surface area contributed by atoms with Gasteiger partial charge in [-0.05, 0) is 70.6 Å². The van der Waals surface area contributed by atoms with Gasteiger partial charge in [-0.3, -0.25) is 9.52 Å². The van der Waals surface area contributed by atoms with E-state index in [1.54, 1.807) is 56.3 Å². The zero-order chi connectivity index (χ0) is 27.7. The van der Waals surface area contributed by atoms with Crippen molar-refractivity contribution < 1.29 is 22.7 Å². The molecule has 1 heterocycles. The number of hydrogen-bond donors (Lipinski definition) is 2. The number of carbonyl (C=O) groups excluding carboxylic acids is 2. The summed E-state index contributed by atoms with van der Waals surface area (Å²) in [6, 6.07) is 15.2. The van der Waals surface area contributed by atoms with Crippen molar-refractivity contribution in [2.45, 2.75) is 30.2 Å². The molecule has 0 radical (unpaired) electrons. The summed E-state index contributed by atoms with van der Waals surface area (Å²) >= 11 is 8.95. The maximum absolute atomic E-state index is 13.5. The smallest absolute Gasteiger partial charge is 0.329 e. The molecule has 38 heavy (non-hydrogen) atoms. The van der Waals surface area contributed by atoms with Gasteiger partial charge < -0.3 is 10.1 Å². The Morgan fingerprint density at radius 3 is 2.47 bits per heavy atom. The first kappa shape index (κ1) is 28.2. The highest BCUT2D eigenvalue weighted by atomic mass is 127. The summed E-state index contributed by atoms with van der Waals surface area (Å²) in [6.07, 6.45) is 0. The van der Waals surface area contributed by atoms with E-state index in [-0.39, 0.29) is 21.7 Å². The van der Waals surface area contributed by atoms with Crippen molar-refractivity contribution in [2.24, 2.45) is 0 Å². The summed E-state index contributed by atoms with van der Waals surface area (Å²) < 4.78 is 43.1. The predicted octanol–water partition coefficient (Wildman–Crippen LogP) is 5.00. The molecule has 0 aliphatic heterocycles. The first-order valence-electron chi connectivity index (χ1n) is 11.1.